The van der Waals surface area contributed by atoms with Crippen LogP contribution >= 0.6 is 0 Å². The molecule has 1 atom stereocenters. The van der Waals surface area contributed by atoms with Crippen molar-refractivity contribution in [1.29, 1.82) is 0 Å². The second-order valence-corrected chi connectivity index (χ2v) is 7.11. The summed E-state index contributed by atoms with van der Waals surface area (Å²) in [6.45, 7) is 2.00. The highest BCUT2D eigenvalue weighted by atomic mass is 16.5. The molecule has 0 radical (unpaired) electrons. The summed E-state index contributed by atoms with van der Waals surface area (Å²) in [6.07, 6.45) is 0.618. The van der Waals surface area contributed by atoms with Crippen molar-refractivity contribution in [3.63, 3.8) is 0 Å². The van der Waals surface area contributed by atoms with Crippen molar-refractivity contribution >= 4 is 23.2 Å². The minimum atomic E-state index is -0.330. The normalized spacial score (nSPS) is 14.9. The van der Waals surface area contributed by atoms with Crippen LogP contribution in [-0.2, 0) is 16.0 Å². The Bertz CT molecular complexity index is 1020. The van der Waals surface area contributed by atoms with Crippen LogP contribution in [0.4, 0.5) is 11.4 Å². The monoisotopic (exact) mass is 386 g/mol. The van der Waals surface area contributed by atoms with Crippen LogP contribution in [0.3, 0.4) is 0 Å². The molecule has 3 aromatic carbocycles. The van der Waals surface area contributed by atoms with E-state index >= 15 is 0 Å². The predicted octanol–water partition coefficient (Wildman–Crippen LogP) is 4.79. The minimum absolute atomic E-state index is 0.0575. The molecule has 1 unspecified atom stereocenters. The fraction of sp³-hybridized carbons (Fsp3) is 0.167. The van der Waals surface area contributed by atoms with Crippen LogP contribution in [0.5, 0.6) is 11.5 Å². The van der Waals surface area contributed by atoms with Crippen molar-refractivity contribution in [2.45, 2.75) is 25.8 Å². The maximum absolute atomic E-state index is 12.7. The summed E-state index contributed by atoms with van der Waals surface area (Å²) >= 11 is 0. The topological polar surface area (TPSA) is 58.6 Å². The third kappa shape index (κ3) is 4.29. The number of ether oxygens (including phenoxy) is 1. The summed E-state index contributed by atoms with van der Waals surface area (Å²) in [7, 11) is 0. The first-order valence-electron chi connectivity index (χ1n) is 9.63. The Labute approximate surface area is 169 Å². The van der Waals surface area contributed by atoms with Gasteiger partial charge in [0.2, 0.25) is 11.8 Å². The molecule has 0 aromatic heterocycles. The smallest absolute Gasteiger partial charge is 0.236 e. The summed E-state index contributed by atoms with van der Waals surface area (Å²) in [5.41, 5.74) is 2.67. The summed E-state index contributed by atoms with van der Waals surface area (Å²) in [5.74, 6) is 0.898. The van der Waals surface area contributed by atoms with Crippen LogP contribution in [0, 0.1) is 0 Å². The Morgan fingerprint density at radius 1 is 0.931 bits per heavy atom. The van der Waals surface area contributed by atoms with E-state index in [1.165, 1.54) is 0 Å². The van der Waals surface area contributed by atoms with Crippen molar-refractivity contribution in [3.05, 3.63) is 84.4 Å². The van der Waals surface area contributed by atoms with E-state index in [0.717, 1.165) is 23.4 Å². The summed E-state index contributed by atoms with van der Waals surface area (Å²) in [5, 5.41) is 2.78. The largest absolute Gasteiger partial charge is 0.457 e. The number of nitrogens with zero attached hydrogens (tertiary/aromatic N) is 1. The molecular formula is C24H22N2O3. The predicted molar refractivity (Wildman–Crippen MR) is 113 cm³/mol. The molecule has 3 aromatic rings. The number of hydrogen-bond acceptors (Lipinski definition) is 3. The van der Waals surface area contributed by atoms with E-state index in [4.69, 9.17) is 4.74 Å². The zero-order valence-corrected chi connectivity index (χ0v) is 16.2. The number of carbonyl (C=O) groups is 2. The molecule has 0 fully saturated rings. The highest BCUT2D eigenvalue weighted by Crippen LogP contribution is 2.32. The van der Waals surface area contributed by atoms with E-state index in [2.05, 4.69) is 5.32 Å². The van der Waals surface area contributed by atoms with Gasteiger partial charge in [-0.05, 0) is 61.4 Å². The molecule has 1 heterocycles. The van der Waals surface area contributed by atoms with Crippen molar-refractivity contribution in [2.75, 3.05) is 10.2 Å². The van der Waals surface area contributed by atoms with Gasteiger partial charge < -0.3 is 15.0 Å². The molecule has 0 spiro atoms. The van der Waals surface area contributed by atoms with E-state index in [9.17, 15) is 9.59 Å². The molecule has 1 aliphatic rings. The summed E-state index contributed by atoms with van der Waals surface area (Å²) in [4.78, 5) is 26.8. The van der Waals surface area contributed by atoms with Gasteiger partial charge in [-0.3, -0.25) is 9.59 Å². The number of nitrogens with one attached hydrogen (secondary N) is 1. The van der Waals surface area contributed by atoms with E-state index in [1.807, 2.05) is 61.5 Å². The molecule has 5 heteroatoms. The number of anilines is 2. The first-order valence-corrected chi connectivity index (χ1v) is 9.63. The van der Waals surface area contributed by atoms with Gasteiger partial charge in [-0.2, -0.15) is 0 Å². The molecule has 1 N–H and O–H groups in total. The summed E-state index contributed by atoms with van der Waals surface area (Å²) < 4.78 is 5.74. The molecular weight excluding hydrogens is 364 g/mol. The van der Waals surface area contributed by atoms with E-state index in [0.29, 0.717) is 11.4 Å². The molecule has 4 rings (SSSR count). The van der Waals surface area contributed by atoms with Crippen LogP contribution in [0.2, 0.25) is 0 Å². The molecule has 5 nitrogen and oxygen atoms in total. The van der Waals surface area contributed by atoms with Crippen LogP contribution in [-0.4, -0.2) is 17.9 Å². The average molecular weight is 386 g/mol. The molecule has 1 aliphatic heterocycles. The molecule has 0 aliphatic carbocycles. The van der Waals surface area contributed by atoms with Gasteiger partial charge in [0.15, 0.2) is 0 Å². The number of carbonyl (C=O) groups excluding carboxylic acids is 2. The molecule has 0 bridgehead atoms. The van der Waals surface area contributed by atoms with Gasteiger partial charge in [0.1, 0.15) is 17.9 Å². The first-order chi connectivity index (χ1) is 14.1. The van der Waals surface area contributed by atoms with Gasteiger partial charge in [-0.15, -0.1) is 0 Å². The lowest BCUT2D eigenvalue weighted by Crippen LogP contribution is -2.37. The maximum Gasteiger partial charge on any atom is 0.236 e. The quantitative estimate of drug-likeness (QED) is 0.642. The third-order valence-electron chi connectivity index (χ3n) is 4.90. The van der Waals surface area contributed by atoms with Gasteiger partial charge in [-0.1, -0.05) is 36.4 Å². The molecule has 0 saturated carbocycles. The van der Waals surface area contributed by atoms with Crippen LogP contribution in [0.15, 0.2) is 78.9 Å². The van der Waals surface area contributed by atoms with Crippen molar-refractivity contribution in [3.8, 4) is 11.5 Å². The fourth-order valence-electron chi connectivity index (χ4n) is 3.60. The SMILES string of the molecule is CC1Cc2ccccc2N1C(=O)CC(=O)Nc1ccc(Oc2ccccc2)cc1. The highest BCUT2D eigenvalue weighted by Gasteiger charge is 2.31. The van der Waals surface area contributed by atoms with Gasteiger partial charge in [0.05, 0.1) is 0 Å². The highest BCUT2D eigenvalue weighted by molar-refractivity contribution is 6.10. The zero-order valence-electron chi connectivity index (χ0n) is 16.2. The number of fused-ring (bicyclic) bond motifs is 1. The maximum atomic E-state index is 12.7. The Morgan fingerprint density at radius 2 is 1.59 bits per heavy atom. The first kappa shape index (κ1) is 18.7. The van der Waals surface area contributed by atoms with Crippen molar-refractivity contribution in [1.82, 2.24) is 0 Å². The van der Waals surface area contributed by atoms with Gasteiger partial charge in [0.25, 0.3) is 0 Å². The van der Waals surface area contributed by atoms with Gasteiger partial charge in [-0.25, -0.2) is 0 Å². The second kappa shape index (κ2) is 8.19. The summed E-state index contributed by atoms with van der Waals surface area (Å²) in [6, 6.07) is 24.5. The lowest BCUT2D eigenvalue weighted by molar-refractivity contribution is -0.125. The molecule has 146 valence electrons. The molecule has 29 heavy (non-hydrogen) atoms. The fourth-order valence-corrected chi connectivity index (χ4v) is 3.60. The van der Waals surface area contributed by atoms with Crippen LogP contribution in [0.25, 0.3) is 0 Å². The number of hydrogen-bond donors (Lipinski definition) is 1. The van der Waals surface area contributed by atoms with E-state index in [1.54, 1.807) is 29.2 Å². The number of benzene rings is 3. The standard InChI is InChI=1S/C24H22N2O3/c1-17-15-18-7-5-6-10-22(18)26(17)24(28)16-23(27)25-19-11-13-21(14-12-19)29-20-8-3-2-4-9-20/h2-14,17H,15-16H2,1H3,(H,25,27). The number of amides is 2. The van der Waals surface area contributed by atoms with E-state index < -0.39 is 0 Å². The molecule has 2 amide bonds. The second-order valence-electron chi connectivity index (χ2n) is 7.11. The Morgan fingerprint density at radius 3 is 2.34 bits per heavy atom. The zero-order chi connectivity index (χ0) is 20.2. The van der Waals surface area contributed by atoms with Gasteiger partial charge >= 0.3 is 0 Å². The lowest BCUT2D eigenvalue weighted by atomic mass is 10.1. The lowest BCUT2D eigenvalue weighted by Gasteiger charge is -2.22. The van der Waals surface area contributed by atoms with Crippen molar-refractivity contribution < 1.29 is 14.3 Å². The Balaban J connectivity index is 1.35. The van der Waals surface area contributed by atoms with Crippen molar-refractivity contribution in [2.24, 2.45) is 0 Å². The van der Waals surface area contributed by atoms with Crippen LogP contribution in [0.1, 0.15) is 18.9 Å². The minimum Gasteiger partial charge on any atom is -0.457 e. The number of para-hydroxylation sites is 2. The Hall–Kier alpha value is -3.60. The number of rotatable bonds is 5. The molecule has 0 saturated heterocycles. The van der Waals surface area contributed by atoms with E-state index in [-0.39, 0.29) is 24.3 Å². The Kier molecular flexibility index (Phi) is 5.29. The van der Waals surface area contributed by atoms with Gasteiger partial charge in [0, 0.05) is 17.4 Å². The van der Waals surface area contributed by atoms with Crippen LogP contribution < -0.4 is 15.0 Å². The average Bonchev–Trinajstić information content (AvgIpc) is 3.06. The third-order valence-corrected chi connectivity index (χ3v) is 4.90.